The van der Waals surface area contributed by atoms with Crippen LogP contribution in [0.3, 0.4) is 0 Å². The molecule has 0 saturated carbocycles. The van der Waals surface area contributed by atoms with Crippen LogP contribution < -0.4 is 10.2 Å². The van der Waals surface area contributed by atoms with Gasteiger partial charge in [-0.15, -0.1) is 0 Å². The molecule has 0 aliphatic carbocycles. The van der Waals surface area contributed by atoms with E-state index in [1.165, 1.54) is 29.8 Å². The Kier molecular flexibility index (Phi) is 6.34. The number of anilines is 2. The number of nitrogens with one attached hydrogen (secondary N) is 2. The fourth-order valence-corrected chi connectivity index (χ4v) is 6.30. The van der Waals surface area contributed by atoms with E-state index in [4.69, 9.17) is 0 Å². The highest BCUT2D eigenvalue weighted by atomic mass is 19.1. The van der Waals surface area contributed by atoms with Gasteiger partial charge >= 0.3 is 6.03 Å². The van der Waals surface area contributed by atoms with Crippen molar-refractivity contribution in [1.29, 1.82) is 0 Å². The van der Waals surface area contributed by atoms with Crippen molar-refractivity contribution in [3.8, 4) is 0 Å². The average molecular weight is 573 g/mol. The number of nitrogens with zero attached hydrogens (tertiary/aromatic N) is 2. The number of amides is 4. The minimum absolute atomic E-state index is 0.162. The number of hydrogen-bond donors (Lipinski definition) is 2. The lowest BCUT2D eigenvalue weighted by atomic mass is 9.88. The van der Waals surface area contributed by atoms with Crippen LogP contribution in [0.1, 0.15) is 58.5 Å². The van der Waals surface area contributed by atoms with E-state index in [2.05, 4.69) is 36.3 Å². The van der Waals surface area contributed by atoms with Gasteiger partial charge in [0.15, 0.2) is 0 Å². The molecule has 7 rings (SSSR count). The molecule has 0 radical (unpaired) electrons. The number of rotatable bonds is 5. The normalized spacial score (nSPS) is 17.9. The topological polar surface area (TPSA) is 85.5 Å². The molecule has 0 spiro atoms. The van der Waals surface area contributed by atoms with Crippen LogP contribution in [-0.4, -0.2) is 33.8 Å². The molecule has 4 aromatic carbocycles. The number of fused-ring (bicyclic) bond motifs is 4. The minimum Gasteiger partial charge on any atom is -0.356 e. The third kappa shape index (κ3) is 4.37. The van der Waals surface area contributed by atoms with Crippen LogP contribution in [-0.2, 0) is 11.2 Å². The van der Waals surface area contributed by atoms with Crippen molar-refractivity contribution in [3.05, 3.63) is 131 Å². The molecule has 7 nitrogen and oxygen atoms in total. The van der Waals surface area contributed by atoms with E-state index in [-0.39, 0.29) is 17.2 Å². The highest BCUT2D eigenvalue weighted by Gasteiger charge is 2.53. The molecule has 214 valence electrons. The summed E-state index contributed by atoms with van der Waals surface area (Å²) < 4.78 is 13.4. The van der Waals surface area contributed by atoms with Gasteiger partial charge in [0.1, 0.15) is 17.9 Å². The van der Waals surface area contributed by atoms with Crippen LogP contribution in [0.4, 0.5) is 20.6 Å². The molecular formula is C35H29FN4O3. The number of aromatic amines is 1. The quantitative estimate of drug-likeness (QED) is 0.219. The predicted molar refractivity (Wildman–Crippen MR) is 164 cm³/mol. The Morgan fingerprint density at radius 1 is 0.907 bits per heavy atom. The summed E-state index contributed by atoms with van der Waals surface area (Å²) in [5.74, 6) is -0.967. The maximum atomic E-state index is 14.3. The summed E-state index contributed by atoms with van der Waals surface area (Å²) in [6.07, 6.45) is 0.352. The van der Waals surface area contributed by atoms with Crippen molar-refractivity contribution in [2.24, 2.45) is 0 Å². The van der Waals surface area contributed by atoms with Gasteiger partial charge in [0, 0.05) is 28.7 Å². The molecule has 0 bridgehead atoms. The Hall–Kier alpha value is -5.24. The Morgan fingerprint density at radius 3 is 2.35 bits per heavy atom. The molecule has 43 heavy (non-hydrogen) atoms. The Bertz CT molecular complexity index is 1900. The number of imide groups is 1. The standard InChI is InChI=1S/C35H29FN4O3/c1-20(2)21-11-13-22(14-12-21)32-31-27(25-7-3-5-9-28(25)38-31)19-30-34(42)40(35(43)39(30)32)29-10-6-4-8-26(29)33(41)37-24-17-15-23(36)16-18-24/h3-18,20,30,32,38H,19H2,1-2H3,(H,37,41)/t30-,32-/m0/s1. The summed E-state index contributed by atoms with van der Waals surface area (Å²) in [4.78, 5) is 48.3. The number of hydrogen-bond acceptors (Lipinski definition) is 3. The lowest BCUT2D eigenvalue weighted by molar-refractivity contribution is -0.120. The molecule has 2 aliphatic rings. The largest absolute Gasteiger partial charge is 0.356 e. The fourth-order valence-electron chi connectivity index (χ4n) is 6.30. The Labute approximate surface area is 247 Å². The highest BCUT2D eigenvalue weighted by Crippen LogP contribution is 2.45. The van der Waals surface area contributed by atoms with Gasteiger partial charge in [0.05, 0.1) is 11.3 Å². The van der Waals surface area contributed by atoms with Gasteiger partial charge in [-0.25, -0.2) is 14.1 Å². The number of urea groups is 1. The highest BCUT2D eigenvalue weighted by molar-refractivity contribution is 6.24. The molecule has 1 aromatic heterocycles. The third-order valence-corrected chi connectivity index (χ3v) is 8.46. The van der Waals surface area contributed by atoms with E-state index in [0.29, 0.717) is 18.0 Å². The van der Waals surface area contributed by atoms with E-state index in [9.17, 15) is 18.8 Å². The summed E-state index contributed by atoms with van der Waals surface area (Å²) in [5, 5.41) is 3.77. The van der Waals surface area contributed by atoms with E-state index >= 15 is 0 Å². The average Bonchev–Trinajstić information content (AvgIpc) is 3.51. The van der Waals surface area contributed by atoms with E-state index in [1.807, 2.05) is 36.4 Å². The second kappa shape index (κ2) is 10.2. The van der Waals surface area contributed by atoms with Gasteiger partial charge in [-0.2, -0.15) is 0 Å². The number of benzene rings is 4. The number of halogens is 1. The maximum Gasteiger partial charge on any atom is 0.332 e. The molecule has 2 aliphatic heterocycles. The van der Waals surface area contributed by atoms with Crippen LogP contribution in [0.2, 0.25) is 0 Å². The first-order valence-electron chi connectivity index (χ1n) is 14.3. The Morgan fingerprint density at radius 2 is 1.60 bits per heavy atom. The van der Waals surface area contributed by atoms with Crippen molar-refractivity contribution in [1.82, 2.24) is 9.88 Å². The molecule has 3 heterocycles. The van der Waals surface area contributed by atoms with Crippen LogP contribution in [0.15, 0.2) is 97.1 Å². The molecule has 8 heteroatoms. The molecule has 2 N–H and O–H groups in total. The first-order chi connectivity index (χ1) is 20.8. The summed E-state index contributed by atoms with van der Waals surface area (Å²) in [7, 11) is 0. The molecule has 1 saturated heterocycles. The zero-order valence-corrected chi connectivity index (χ0v) is 23.7. The summed E-state index contributed by atoms with van der Waals surface area (Å²) >= 11 is 0. The molecule has 5 aromatic rings. The summed E-state index contributed by atoms with van der Waals surface area (Å²) in [5.41, 5.74) is 5.70. The molecule has 0 unspecified atom stereocenters. The lowest BCUT2D eigenvalue weighted by Crippen LogP contribution is -2.44. The van der Waals surface area contributed by atoms with Gasteiger partial charge in [0.25, 0.3) is 11.8 Å². The van der Waals surface area contributed by atoms with Crippen molar-refractivity contribution in [3.63, 3.8) is 0 Å². The molecule has 4 amide bonds. The van der Waals surface area contributed by atoms with E-state index < -0.39 is 29.8 Å². The molecule has 1 fully saturated rings. The second-order valence-corrected chi connectivity index (χ2v) is 11.3. The maximum absolute atomic E-state index is 14.3. The zero-order chi connectivity index (χ0) is 29.8. The van der Waals surface area contributed by atoms with Crippen LogP contribution in [0, 0.1) is 5.82 Å². The van der Waals surface area contributed by atoms with Gasteiger partial charge in [-0.05, 0) is 65.1 Å². The van der Waals surface area contributed by atoms with E-state index in [1.54, 1.807) is 29.2 Å². The SMILES string of the molecule is CC(C)c1ccc([C@H]2c3[nH]c4ccccc4c3C[C@H]3C(=O)N(c4ccccc4C(=O)Nc4ccc(F)cc4)C(=O)N23)cc1. The Balaban J connectivity index is 1.31. The van der Waals surface area contributed by atoms with Crippen LogP contribution >= 0.6 is 0 Å². The number of aromatic nitrogens is 1. The van der Waals surface area contributed by atoms with Crippen LogP contribution in [0.5, 0.6) is 0 Å². The second-order valence-electron chi connectivity index (χ2n) is 11.3. The lowest BCUT2D eigenvalue weighted by Gasteiger charge is -2.36. The third-order valence-electron chi connectivity index (χ3n) is 8.46. The van der Waals surface area contributed by atoms with Gasteiger partial charge in [-0.1, -0.05) is 68.4 Å². The van der Waals surface area contributed by atoms with E-state index in [0.717, 1.165) is 32.6 Å². The number of H-pyrrole nitrogens is 1. The van der Waals surface area contributed by atoms with Crippen molar-refractivity contribution >= 4 is 40.1 Å². The van der Waals surface area contributed by atoms with Crippen molar-refractivity contribution < 1.29 is 18.8 Å². The fraction of sp³-hybridized carbons (Fsp3) is 0.171. The van der Waals surface area contributed by atoms with Gasteiger partial charge in [0.2, 0.25) is 0 Å². The van der Waals surface area contributed by atoms with Crippen LogP contribution in [0.25, 0.3) is 10.9 Å². The zero-order valence-electron chi connectivity index (χ0n) is 23.7. The van der Waals surface area contributed by atoms with Crippen molar-refractivity contribution in [2.75, 3.05) is 10.2 Å². The van der Waals surface area contributed by atoms with Gasteiger partial charge < -0.3 is 10.3 Å². The summed E-state index contributed by atoms with van der Waals surface area (Å²) in [6, 6.07) is 26.4. The smallest absolute Gasteiger partial charge is 0.332 e. The molecular weight excluding hydrogens is 543 g/mol. The summed E-state index contributed by atoms with van der Waals surface area (Å²) in [6.45, 7) is 4.26. The predicted octanol–water partition coefficient (Wildman–Crippen LogP) is 7.17. The monoisotopic (exact) mass is 572 g/mol. The number of para-hydroxylation sites is 2. The minimum atomic E-state index is -0.748. The van der Waals surface area contributed by atoms with Crippen molar-refractivity contribution in [2.45, 2.75) is 38.3 Å². The first kappa shape index (κ1) is 26.6. The molecule has 2 atom stereocenters. The first-order valence-corrected chi connectivity index (χ1v) is 14.3. The van der Waals surface area contributed by atoms with Gasteiger partial charge in [-0.3, -0.25) is 14.5 Å². The number of carbonyl (C=O) groups is 3. The number of carbonyl (C=O) groups excluding carboxylic acids is 3.